The van der Waals surface area contributed by atoms with E-state index in [0.29, 0.717) is 35.1 Å². The SMILES string of the molecule is Cn1nc(CC(=O)OC(C(=O)N2CCCCC2)c2ccccc2)c2ccccc2c1=O. The third kappa shape index (κ3) is 4.50. The highest BCUT2D eigenvalue weighted by atomic mass is 16.5. The van der Waals surface area contributed by atoms with Crippen LogP contribution in [0, 0.1) is 0 Å². The van der Waals surface area contributed by atoms with Gasteiger partial charge in [-0.2, -0.15) is 5.10 Å². The maximum Gasteiger partial charge on any atom is 0.313 e. The van der Waals surface area contributed by atoms with Gasteiger partial charge >= 0.3 is 5.97 Å². The molecule has 160 valence electrons. The molecule has 31 heavy (non-hydrogen) atoms. The average molecular weight is 419 g/mol. The molecule has 0 saturated carbocycles. The number of rotatable bonds is 5. The molecule has 4 rings (SSSR count). The number of likely N-dealkylation sites (tertiary alicyclic amines) is 1. The molecule has 2 heterocycles. The summed E-state index contributed by atoms with van der Waals surface area (Å²) < 4.78 is 6.94. The second-order valence-electron chi connectivity index (χ2n) is 7.76. The first-order valence-corrected chi connectivity index (χ1v) is 10.5. The van der Waals surface area contributed by atoms with Crippen molar-refractivity contribution in [3.05, 3.63) is 76.2 Å². The fraction of sp³-hybridized carbons (Fsp3) is 0.333. The van der Waals surface area contributed by atoms with Crippen LogP contribution in [0.2, 0.25) is 0 Å². The zero-order valence-corrected chi connectivity index (χ0v) is 17.5. The molecule has 2 aromatic carbocycles. The lowest BCUT2D eigenvalue weighted by atomic mass is 10.1. The highest BCUT2D eigenvalue weighted by Crippen LogP contribution is 2.24. The van der Waals surface area contributed by atoms with Gasteiger partial charge in [0.05, 0.1) is 17.5 Å². The smallest absolute Gasteiger partial charge is 0.313 e. The summed E-state index contributed by atoms with van der Waals surface area (Å²) in [4.78, 5) is 40.2. The minimum Gasteiger partial charge on any atom is -0.447 e. The van der Waals surface area contributed by atoms with Crippen LogP contribution in [0.5, 0.6) is 0 Å². The lowest BCUT2D eigenvalue weighted by Crippen LogP contribution is -2.40. The number of fused-ring (bicyclic) bond motifs is 1. The third-order valence-electron chi connectivity index (χ3n) is 5.59. The van der Waals surface area contributed by atoms with E-state index in [1.165, 1.54) is 4.68 Å². The summed E-state index contributed by atoms with van der Waals surface area (Å²) >= 11 is 0. The molecular formula is C24H25N3O4. The van der Waals surface area contributed by atoms with E-state index in [4.69, 9.17) is 4.74 Å². The van der Waals surface area contributed by atoms with Crippen molar-refractivity contribution in [3.8, 4) is 0 Å². The Morgan fingerprint density at radius 3 is 2.32 bits per heavy atom. The number of hydrogen-bond acceptors (Lipinski definition) is 5. The molecule has 1 amide bonds. The Kier molecular flexibility index (Phi) is 6.11. The molecule has 0 N–H and O–H groups in total. The first-order chi connectivity index (χ1) is 15.0. The lowest BCUT2D eigenvalue weighted by Gasteiger charge is -2.30. The standard InChI is InChI=1S/C24H25N3O4/c1-26-23(29)19-13-7-6-12-18(19)20(25-26)16-21(28)31-22(17-10-4-2-5-11-17)24(30)27-14-8-3-9-15-27/h2,4-7,10-13,22H,3,8-9,14-16H2,1H3. The number of aromatic nitrogens is 2. The van der Waals surface area contributed by atoms with E-state index in [2.05, 4.69) is 5.10 Å². The van der Waals surface area contributed by atoms with Gasteiger partial charge in [0.25, 0.3) is 11.5 Å². The van der Waals surface area contributed by atoms with Crippen LogP contribution < -0.4 is 5.56 Å². The van der Waals surface area contributed by atoms with E-state index < -0.39 is 12.1 Å². The average Bonchev–Trinajstić information content (AvgIpc) is 2.81. The van der Waals surface area contributed by atoms with Gasteiger partial charge in [-0.05, 0) is 25.3 Å². The minimum atomic E-state index is -0.995. The maximum absolute atomic E-state index is 13.2. The number of aryl methyl sites for hydroxylation is 1. The van der Waals surface area contributed by atoms with Crippen LogP contribution in [0.25, 0.3) is 10.8 Å². The zero-order valence-electron chi connectivity index (χ0n) is 17.5. The summed E-state index contributed by atoms with van der Waals surface area (Å²) in [6.45, 7) is 1.35. The van der Waals surface area contributed by atoms with E-state index in [-0.39, 0.29) is 17.9 Å². The largest absolute Gasteiger partial charge is 0.447 e. The second kappa shape index (κ2) is 9.12. The van der Waals surface area contributed by atoms with Gasteiger partial charge in [-0.25, -0.2) is 4.68 Å². The van der Waals surface area contributed by atoms with Crippen molar-refractivity contribution >= 4 is 22.6 Å². The Hall–Kier alpha value is -3.48. The number of esters is 1. The maximum atomic E-state index is 13.2. The molecule has 1 fully saturated rings. The summed E-state index contributed by atoms with van der Waals surface area (Å²) in [6, 6.07) is 16.1. The number of piperidine rings is 1. The second-order valence-corrected chi connectivity index (χ2v) is 7.76. The molecule has 1 unspecified atom stereocenters. The first kappa shape index (κ1) is 20.8. The van der Waals surface area contributed by atoms with Crippen molar-refractivity contribution < 1.29 is 14.3 Å². The van der Waals surface area contributed by atoms with Crippen LogP contribution in [0.4, 0.5) is 0 Å². The van der Waals surface area contributed by atoms with E-state index in [0.717, 1.165) is 19.3 Å². The van der Waals surface area contributed by atoms with Crippen LogP contribution in [-0.2, 0) is 27.8 Å². The van der Waals surface area contributed by atoms with Gasteiger partial charge < -0.3 is 9.64 Å². The monoisotopic (exact) mass is 419 g/mol. The summed E-state index contributed by atoms with van der Waals surface area (Å²) in [5.74, 6) is -0.756. The summed E-state index contributed by atoms with van der Waals surface area (Å²) in [5, 5.41) is 5.37. The van der Waals surface area contributed by atoms with Crippen molar-refractivity contribution in [2.24, 2.45) is 7.05 Å². The van der Waals surface area contributed by atoms with Gasteiger partial charge in [0.2, 0.25) is 6.10 Å². The Bertz CT molecular complexity index is 1150. The number of ether oxygens (including phenoxy) is 1. The van der Waals surface area contributed by atoms with Gasteiger partial charge in [0.15, 0.2) is 0 Å². The van der Waals surface area contributed by atoms with Gasteiger partial charge in [0.1, 0.15) is 0 Å². The Labute approximate surface area is 180 Å². The number of amides is 1. The first-order valence-electron chi connectivity index (χ1n) is 10.5. The molecule has 1 aliphatic heterocycles. The van der Waals surface area contributed by atoms with E-state index in [9.17, 15) is 14.4 Å². The lowest BCUT2D eigenvalue weighted by molar-refractivity contribution is -0.161. The Balaban J connectivity index is 1.60. The Morgan fingerprint density at radius 2 is 1.61 bits per heavy atom. The van der Waals surface area contributed by atoms with Crippen LogP contribution in [0.3, 0.4) is 0 Å². The molecule has 0 spiro atoms. The molecule has 0 aliphatic carbocycles. The number of carbonyl (C=O) groups excluding carboxylic acids is 2. The predicted octanol–water partition coefficient (Wildman–Crippen LogP) is 2.77. The molecule has 7 heteroatoms. The predicted molar refractivity (Wildman–Crippen MR) is 116 cm³/mol. The van der Waals surface area contributed by atoms with Crippen molar-refractivity contribution in [1.82, 2.24) is 14.7 Å². The Morgan fingerprint density at radius 1 is 0.968 bits per heavy atom. The van der Waals surface area contributed by atoms with Crippen molar-refractivity contribution in [2.45, 2.75) is 31.8 Å². The van der Waals surface area contributed by atoms with Gasteiger partial charge in [-0.15, -0.1) is 0 Å². The number of benzene rings is 2. The number of carbonyl (C=O) groups is 2. The fourth-order valence-corrected chi connectivity index (χ4v) is 3.99. The summed E-state index contributed by atoms with van der Waals surface area (Å²) in [5.41, 5.74) is 0.861. The topological polar surface area (TPSA) is 81.5 Å². The van der Waals surface area contributed by atoms with Gasteiger partial charge in [0, 0.05) is 31.1 Å². The molecule has 7 nitrogen and oxygen atoms in total. The van der Waals surface area contributed by atoms with Crippen LogP contribution >= 0.6 is 0 Å². The molecule has 1 atom stereocenters. The highest BCUT2D eigenvalue weighted by molar-refractivity contribution is 5.89. The van der Waals surface area contributed by atoms with Gasteiger partial charge in [-0.3, -0.25) is 14.4 Å². The van der Waals surface area contributed by atoms with E-state index in [1.807, 2.05) is 18.2 Å². The quantitative estimate of drug-likeness (QED) is 0.594. The molecule has 3 aromatic rings. The molecule has 1 saturated heterocycles. The fourth-order valence-electron chi connectivity index (χ4n) is 3.99. The molecule has 1 aromatic heterocycles. The zero-order chi connectivity index (χ0) is 21.8. The summed E-state index contributed by atoms with van der Waals surface area (Å²) in [6.07, 6.45) is 1.88. The third-order valence-corrected chi connectivity index (χ3v) is 5.59. The molecule has 1 aliphatic rings. The van der Waals surface area contributed by atoms with Crippen LogP contribution in [0.15, 0.2) is 59.4 Å². The normalized spacial score (nSPS) is 14.9. The summed E-state index contributed by atoms with van der Waals surface area (Å²) in [7, 11) is 1.55. The number of nitrogens with zero attached hydrogens (tertiary/aromatic N) is 3. The van der Waals surface area contributed by atoms with Crippen molar-refractivity contribution in [2.75, 3.05) is 13.1 Å². The molecular weight excluding hydrogens is 394 g/mol. The molecule has 0 radical (unpaired) electrons. The number of hydrogen-bond donors (Lipinski definition) is 0. The molecule has 0 bridgehead atoms. The highest BCUT2D eigenvalue weighted by Gasteiger charge is 2.30. The van der Waals surface area contributed by atoms with E-state index in [1.54, 1.807) is 48.3 Å². The van der Waals surface area contributed by atoms with Crippen molar-refractivity contribution in [1.29, 1.82) is 0 Å². The van der Waals surface area contributed by atoms with Gasteiger partial charge in [-0.1, -0.05) is 48.5 Å². The minimum absolute atomic E-state index is 0.134. The van der Waals surface area contributed by atoms with E-state index >= 15 is 0 Å². The van der Waals surface area contributed by atoms with Crippen LogP contribution in [-0.4, -0.2) is 39.6 Å². The van der Waals surface area contributed by atoms with Crippen LogP contribution in [0.1, 0.15) is 36.6 Å². The van der Waals surface area contributed by atoms with Crippen molar-refractivity contribution in [3.63, 3.8) is 0 Å².